The minimum Gasteiger partial charge on any atom is -0.284 e. The van der Waals surface area contributed by atoms with E-state index in [1.54, 1.807) is 31.2 Å². The Kier molecular flexibility index (Phi) is 6.52. The Morgan fingerprint density at radius 2 is 1.63 bits per heavy atom. The molecule has 7 nitrogen and oxygen atoms in total. The van der Waals surface area contributed by atoms with E-state index in [0.29, 0.717) is 24.2 Å². The van der Waals surface area contributed by atoms with Crippen LogP contribution in [0, 0.1) is 6.92 Å². The van der Waals surface area contributed by atoms with Crippen LogP contribution in [0.3, 0.4) is 0 Å². The van der Waals surface area contributed by atoms with E-state index in [4.69, 9.17) is 0 Å². The summed E-state index contributed by atoms with van der Waals surface area (Å²) in [6.45, 7) is 5.38. The van der Waals surface area contributed by atoms with Gasteiger partial charge in [0.2, 0.25) is 20.0 Å². The van der Waals surface area contributed by atoms with Crippen LogP contribution in [0.5, 0.6) is 0 Å². The van der Waals surface area contributed by atoms with Crippen molar-refractivity contribution < 1.29 is 16.8 Å². The van der Waals surface area contributed by atoms with Gasteiger partial charge in [-0.3, -0.25) is 4.72 Å². The molecule has 9 heteroatoms. The summed E-state index contributed by atoms with van der Waals surface area (Å²) in [5.74, 6) is 0.0216. The van der Waals surface area contributed by atoms with Crippen LogP contribution in [0.4, 0.5) is 5.69 Å². The van der Waals surface area contributed by atoms with Crippen molar-refractivity contribution in [3.63, 3.8) is 0 Å². The summed E-state index contributed by atoms with van der Waals surface area (Å²) in [5, 5.41) is 4.47. The minimum atomic E-state index is -3.54. The molecule has 0 fully saturated rings. The SMILES string of the molecule is CCCS(=O)(=O)N1N=C(c2ccc(NS(=O)(=O)CC)cc2)C[C@H]1c1ccc(C)cc1. The van der Waals surface area contributed by atoms with Gasteiger partial charge in [-0.15, -0.1) is 0 Å². The van der Waals surface area contributed by atoms with Gasteiger partial charge in [-0.25, -0.2) is 16.8 Å². The van der Waals surface area contributed by atoms with Crippen molar-refractivity contribution in [3.8, 4) is 0 Å². The van der Waals surface area contributed by atoms with E-state index in [0.717, 1.165) is 16.7 Å². The molecule has 0 radical (unpaired) electrons. The van der Waals surface area contributed by atoms with Gasteiger partial charge >= 0.3 is 0 Å². The molecule has 2 aromatic carbocycles. The van der Waals surface area contributed by atoms with Crippen LogP contribution in [0.15, 0.2) is 53.6 Å². The number of sulfonamides is 2. The van der Waals surface area contributed by atoms with Crippen LogP contribution in [0.25, 0.3) is 0 Å². The summed E-state index contributed by atoms with van der Waals surface area (Å²) in [5.41, 5.74) is 3.88. The first kappa shape index (κ1) is 22.3. The Morgan fingerprint density at radius 3 is 2.20 bits per heavy atom. The summed E-state index contributed by atoms with van der Waals surface area (Å²) < 4.78 is 52.9. The number of hydrazone groups is 1. The molecule has 0 spiro atoms. The van der Waals surface area contributed by atoms with Gasteiger partial charge in [-0.05, 0) is 43.5 Å². The standard InChI is InChI=1S/C21H27N3O4S2/c1-4-14-30(27,28)24-21(18-8-6-16(3)7-9-18)15-20(22-24)17-10-12-19(13-11-17)23-29(25,26)5-2/h6-13,21,23H,4-5,14-15H2,1-3H3/t21-/m0/s1. The van der Waals surface area contributed by atoms with E-state index in [1.165, 1.54) is 4.41 Å². The highest BCUT2D eigenvalue weighted by Gasteiger charge is 2.36. The maximum Gasteiger partial charge on any atom is 0.250 e. The molecule has 30 heavy (non-hydrogen) atoms. The molecule has 2 aromatic rings. The monoisotopic (exact) mass is 449 g/mol. The fourth-order valence-corrected chi connectivity index (χ4v) is 5.44. The van der Waals surface area contributed by atoms with E-state index in [2.05, 4.69) is 9.82 Å². The minimum absolute atomic E-state index is 0.00998. The number of hydrogen-bond donors (Lipinski definition) is 1. The summed E-state index contributed by atoms with van der Waals surface area (Å²) in [6.07, 6.45) is 0.961. The van der Waals surface area contributed by atoms with E-state index in [-0.39, 0.29) is 11.5 Å². The first-order valence-electron chi connectivity index (χ1n) is 9.92. The summed E-state index contributed by atoms with van der Waals surface area (Å²) in [6, 6.07) is 14.3. The van der Waals surface area contributed by atoms with Gasteiger partial charge in [0.15, 0.2) is 0 Å². The van der Waals surface area contributed by atoms with Crippen LogP contribution in [-0.2, 0) is 20.0 Å². The second-order valence-corrected chi connectivity index (χ2v) is 11.3. The first-order chi connectivity index (χ1) is 14.1. The van der Waals surface area contributed by atoms with Gasteiger partial charge in [0.05, 0.1) is 23.3 Å². The number of aryl methyl sites for hydroxylation is 1. The lowest BCUT2D eigenvalue weighted by molar-refractivity contribution is 0.371. The zero-order valence-corrected chi connectivity index (χ0v) is 19.0. The Hall–Kier alpha value is -2.39. The van der Waals surface area contributed by atoms with E-state index >= 15 is 0 Å². The van der Waals surface area contributed by atoms with Gasteiger partial charge in [0.25, 0.3) is 0 Å². The Labute approximate surface area is 178 Å². The van der Waals surface area contributed by atoms with Crippen molar-refractivity contribution >= 4 is 31.4 Å². The smallest absolute Gasteiger partial charge is 0.250 e. The topological polar surface area (TPSA) is 95.9 Å². The average molecular weight is 450 g/mol. The number of benzene rings is 2. The molecule has 1 heterocycles. The normalized spacial score (nSPS) is 17.1. The third kappa shape index (κ3) is 5.02. The highest BCUT2D eigenvalue weighted by atomic mass is 32.2. The van der Waals surface area contributed by atoms with Crippen LogP contribution < -0.4 is 4.72 Å². The number of anilines is 1. The van der Waals surface area contributed by atoms with Crippen LogP contribution in [0.1, 0.15) is 49.4 Å². The van der Waals surface area contributed by atoms with Gasteiger partial charge in [-0.1, -0.05) is 48.9 Å². The van der Waals surface area contributed by atoms with E-state index < -0.39 is 26.1 Å². The van der Waals surface area contributed by atoms with Crippen molar-refractivity contribution in [3.05, 3.63) is 65.2 Å². The second-order valence-electron chi connectivity index (χ2n) is 7.35. The van der Waals surface area contributed by atoms with E-state index in [1.807, 2.05) is 38.1 Å². The van der Waals surface area contributed by atoms with Gasteiger partial charge in [0.1, 0.15) is 0 Å². The largest absolute Gasteiger partial charge is 0.284 e. The molecule has 0 amide bonds. The van der Waals surface area contributed by atoms with E-state index in [9.17, 15) is 16.8 Å². The predicted molar refractivity (Wildman–Crippen MR) is 121 cm³/mol. The summed E-state index contributed by atoms with van der Waals surface area (Å²) in [7, 11) is -6.89. The predicted octanol–water partition coefficient (Wildman–Crippen LogP) is 3.65. The number of hydrogen-bond acceptors (Lipinski definition) is 5. The molecule has 1 N–H and O–H groups in total. The lowest BCUT2D eigenvalue weighted by Crippen LogP contribution is -2.29. The van der Waals surface area contributed by atoms with Crippen LogP contribution in [-0.4, -0.2) is 38.5 Å². The number of rotatable bonds is 8. The van der Waals surface area contributed by atoms with Crippen molar-refractivity contribution in [2.75, 3.05) is 16.2 Å². The first-order valence-corrected chi connectivity index (χ1v) is 13.2. The number of nitrogens with zero attached hydrogens (tertiary/aromatic N) is 2. The fourth-order valence-electron chi connectivity index (χ4n) is 3.29. The maximum atomic E-state index is 12.8. The molecule has 0 bridgehead atoms. The molecule has 0 saturated heterocycles. The second kappa shape index (κ2) is 8.77. The maximum absolute atomic E-state index is 12.8. The van der Waals surface area contributed by atoms with Crippen LogP contribution in [0.2, 0.25) is 0 Å². The summed E-state index contributed by atoms with van der Waals surface area (Å²) in [4.78, 5) is 0. The molecule has 0 unspecified atom stereocenters. The Morgan fingerprint density at radius 1 is 1.00 bits per heavy atom. The quantitative estimate of drug-likeness (QED) is 0.665. The van der Waals surface area contributed by atoms with Gasteiger partial charge < -0.3 is 0 Å². The molecular weight excluding hydrogens is 422 g/mol. The molecule has 3 rings (SSSR count). The highest BCUT2D eigenvalue weighted by Crippen LogP contribution is 2.35. The zero-order chi connectivity index (χ0) is 21.9. The van der Waals surface area contributed by atoms with Crippen molar-refractivity contribution in [2.45, 2.75) is 39.7 Å². The molecular formula is C21H27N3O4S2. The zero-order valence-electron chi connectivity index (χ0n) is 17.4. The highest BCUT2D eigenvalue weighted by molar-refractivity contribution is 7.92. The van der Waals surface area contributed by atoms with Crippen molar-refractivity contribution in [1.82, 2.24) is 4.41 Å². The molecule has 1 aliphatic rings. The van der Waals surface area contributed by atoms with Gasteiger partial charge in [-0.2, -0.15) is 9.52 Å². The van der Waals surface area contributed by atoms with Crippen molar-refractivity contribution in [1.29, 1.82) is 0 Å². The Balaban J connectivity index is 1.92. The molecule has 1 aliphatic heterocycles. The molecule has 0 aliphatic carbocycles. The third-order valence-corrected chi connectivity index (χ3v) is 8.09. The lowest BCUT2D eigenvalue weighted by Gasteiger charge is -2.23. The molecule has 0 aromatic heterocycles. The third-order valence-electron chi connectivity index (χ3n) is 4.95. The Bertz CT molecular complexity index is 1120. The van der Waals surface area contributed by atoms with Crippen LogP contribution >= 0.6 is 0 Å². The fraction of sp³-hybridized carbons (Fsp3) is 0.381. The molecule has 0 saturated carbocycles. The average Bonchev–Trinajstić information content (AvgIpc) is 3.15. The lowest BCUT2D eigenvalue weighted by atomic mass is 9.98. The van der Waals surface area contributed by atoms with Gasteiger partial charge in [0, 0.05) is 12.1 Å². The molecule has 1 atom stereocenters. The summed E-state index contributed by atoms with van der Waals surface area (Å²) >= 11 is 0. The van der Waals surface area contributed by atoms with Crippen molar-refractivity contribution in [2.24, 2.45) is 5.10 Å². The number of nitrogens with one attached hydrogen (secondary N) is 1. The molecule has 162 valence electrons.